The molecule has 124 valence electrons. The number of nitrogens with zero attached hydrogens (tertiary/aromatic N) is 5. The van der Waals surface area contributed by atoms with Crippen molar-refractivity contribution in [1.82, 2.24) is 30.3 Å². The van der Waals surface area contributed by atoms with Crippen LogP contribution >= 0.6 is 0 Å². The molecule has 0 fully saturated rings. The van der Waals surface area contributed by atoms with Crippen LogP contribution < -0.4 is 5.32 Å². The molecule has 0 unspecified atom stereocenters. The van der Waals surface area contributed by atoms with Gasteiger partial charge in [0.2, 0.25) is 17.6 Å². The Labute approximate surface area is 141 Å². The Morgan fingerprint density at radius 2 is 2.20 bits per heavy atom. The average molecular weight is 335 g/mol. The van der Waals surface area contributed by atoms with Gasteiger partial charge in [-0.15, -0.1) is 0 Å². The van der Waals surface area contributed by atoms with Gasteiger partial charge in [-0.3, -0.25) is 14.9 Å². The predicted octanol–water partition coefficient (Wildman–Crippen LogP) is 1.97. The molecule has 0 aliphatic rings. The Hall–Kier alpha value is -3.62. The second-order valence-electron chi connectivity index (χ2n) is 5.30. The van der Waals surface area contributed by atoms with Crippen LogP contribution in [0.25, 0.3) is 22.6 Å². The number of amides is 1. The fraction of sp³-hybridized carbons (Fsp3) is 0.125. The largest absolute Gasteiger partial charge is 0.339 e. The summed E-state index contributed by atoms with van der Waals surface area (Å²) in [4.78, 5) is 24.5. The normalized spacial score (nSPS) is 10.9. The van der Waals surface area contributed by atoms with E-state index in [1.807, 2.05) is 30.3 Å². The van der Waals surface area contributed by atoms with Crippen LogP contribution in [0.15, 0.2) is 47.4 Å². The number of hydrogen-bond donors (Lipinski definition) is 2. The molecule has 3 heterocycles. The van der Waals surface area contributed by atoms with Crippen LogP contribution in [0.2, 0.25) is 0 Å². The van der Waals surface area contributed by atoms with E-state index in [0.717, 1.165) is 16.6 Å². The monoisotopic (exact) mass is 335 g/mol. The summed E-state index contributed by atoms with van der Waals surface area (Å²) in [6, 6.07) is 9.38. The van der Waals surface area contributed by atoms with Crippen molar-refractivity contribution in [2.24, 2.45) is 0 Å². The molecule has 9 heteroatoms. The highest BCUT2D eigenvalue weighted by molar-refractivity contribution is 5.93. The molecule has 0 aliphatic carbocycles. The van der Waals surface area contributed by atoms with Gasteiger partial charge in [0.25, 0.3) is 0 Å². The summed E-state index contributed by atoms with van der Waals surface area (Å²) in [7, 11) is 0. The first kappa shape index (κ1) is 14.9. The van der Waals surface area contributed by atoms with Gasteiger partial charge >= 0.3 is 0 Å². The van der Waals surface area contributed by atoms with Gasteiger partial charge in [0, 0.05) is 30.1 Å². The summed E-state index contributed by atoms with van der Waals surface area (Å²) in [5.74, 6) is 0.964. The quantitative estimate of drug-likeness (QED) is 0.571. The number of aryl methyl sites for hydroxylation is 1. The Morgan fingerprint density at radius 1 is 1.24 bits per heavy atom. The molecule has 0 aliphatic heterocycles. The third kappa shape index (κ3) is 3.34. The van der Waals surface area contributed by atoms with Gasteiger partial charge in [-0.05, 0) is 24.3 Å². The maximum atomic E-state index is 12.1. The van der Waals surface area contributed by atoms with E-state index in [2.05, 4.69) is 35.6 Å². The minimum Gasteiger partial charge on any atom is -0.339 e. The van der Waals surface area contributed by atoms with Crippen LogP contribution in [0.3, 0.4) is 0 Å². The lowest BCUT2D eigenvalue weighted by Crippen LogP contribution is -2.12. The zero-order chi connectivity index (χ0) is 17.1. The third-order valence-electron chi connectivity index (χ3n) is 3.55. The number of carbonyl (C=O) groups is 1. The zero-order valence-corrected chi connectivity index (χ0v) is 13.0. The van der Waals surface area contributed by atoms with Crippen molar-refractivity contribution in [1.29, 1.82) is 0 Å². The molecule has 0 spiro atoms. The Morgan fingerprint density at radius 3 is 3.08 bits per heavy atom. The van der Waals surface area contributed by atoms with Crippen molar-refractivity contribution in [3.8, 4) is 11.6 Å². The van der Waals surface area contributed by atoms with Crippen molar-refractivity contribution in [3.05, 3.63) is 48.7 Å². The molecule has 0 radical (unpaired) electrons. The maximum Gasteiger partial charge on any atom is 0.239 e. The molecule has 0 bridgehead atoms. The number of nitrogens with one attached hydrogen (secondary N) is 2. The lowest BCUT2D eigenvalue weighted by atomic mass is 10.2. The van der Waals surface area contributed by atoms with Gasteiger partial charge in [-0.1, -0.05) is 11.2 Å². The topological polar surface area (TPSA) is 122 Å². The van der Waals surface area contributed by atoms with Crippen molar-refractivity contribution in [2.75, 3.05) is 5.32 Å². The van der Waals surface area contributed by atoms with E-state index < -0.39 is 0 Å². The summed E-state index contributed by atoms with van der Waals surface area (Å²) in [6.45, 7) is 0. The molecule has 2 N–H and O–H groups in total. The molecule has 4 rings (SSSR count). The van der Waals surface area contributed by atoms with E-state index in [0.29, 0.717) is 24.0 Å². The fourth-order valence-electron chi connectivity index (χ4n) is 2.36. The molecule has 0 atom stereocenters. The SMILES string of the molecule is O=C(CCc1nc(-c2ncn[nH]2)no1)Nc1ccc2ncccc2c1. The van der Waals surface area contributed by atoms with Crippen LogP contribution in [0, 0.1) is 0 Å². The number of benzene rings is 1. The van der Waals surface area contributed by atoms with Crippen LogP contribution in [-0.4, -0.2) is 36.2 Å². The number of fused-ring (bicyclic) bond motifs is 1. The summed E-state index contributed by atoms with van der Waals surface area (Å²) in [5, 5.41) is 14.0. The first-order valence-corrected chi connectivity index (χ1v) is 7.61. The second-order valence-corrected chi connectivity index (χ2v) is 5.30. The summed E-state index contributed by atoms with van der Waals surface area (Å²) >= 11 is 0. The Kier molecular flexibility index (Phi) is 3.87. The molecule has 3 aromatic heterocycles. The van der Waals surface area contributed by atoms with Crippen LogP contribution in [-0.2, 0) is 11.2 Å². The van der Waals surface area contributed by atoms with Gasteiger partial charge in [0.05, 0.1) is 5.52 Å². The Bertz CT molecular complexity index is 1010. The number of pyridine rings is 1. The molecular weight excluding hydrogens is 322 g/mol. The van der Waals surface area contributed by atoms with Gasteiger partial charge in [0.15, 0.2) is 5.82 Å². The van der Waals surface area contributed by atoms with Gasteiger partial charge < -0.3 is 9.84 Å². The van der Waals surface area contributed by atoms with E-state index >= 15 is 0 Å². The number of aromatic amines is 1. The minimum absolute atomic E-state index is 0.136. The second kappa shape index (κ2) is 6.48. The maximum absolute atomic E-state index is 12.1. The van der Waals surface area contributed by atoms with Crippen molar-refractivity contribution in [2.45, 2.75) is 12.8 Å². The average Bonchev–Trinajstić information content (AvgIpc) is 3.31. The van der Waals surface area contributed by atoms with E-state index in [1.54, 1.807) is 6.20 Å². The minimum atomic E-state index is -0.136. The van der Waals surface area contributed by atoms with E-state index in [1.165, 1.54) is 6.33 Å². The molecule has 0 saturated heterocycles. The van der Waals surface area contributed by atoms with Crippen LogP contribution in [0.4, 0.5) is 5.69 Å². The number of hydrogen-bond acceptors (Lipinski definition) is 7. The number of carbonyl (C=O) groups excluding carboxylic acids is 1. The smallest absolute Gasteiger partial charge is 0.239 e. The lowest BCUT2D eigenvalue weighted by molar-refractivity contribution is -0.116. The molecule has 25 heavy (non-hydrogen) atoms. The molecule has 4 aromatic rings. The van der Waals surface area contributed by atoms with Crippen LogP contribution in [0.1, 0.15) is 12.3 Å². The number of aromatic nitrogens is 6. The number of H-pyrrole nitrogens is 1. The number of anilines is 1. The Balaban J connectivity index is 1.37. The third-order valence-corrected chi connectivity index (χ3v) is 3.55. The first-order chi connectivity index (χ1) is 12.3. The lowest BCUT2D eigenvalue weighted by Gasteiger charge is -2.05. The van der Waals surface area contributed by atoms with Gasteiger partial charge in [-0.2, -0.15) is 10.1 Å². The van der Waals surface area contributed by atoms with E-state index in [-0.39, 0.29) is 12.3 Å². The predicted molar refractivity (Wildman–Crippen MR) is 88.4 cm³/mol. The van der Waals surface area contributed by atoms with Crippen molar-refractivity contribution < 1.29 is 9.32 Å². The molecule has 0 saturated carbocycles. The zero-order valence-electron chi connectivity index (χ0n) is 13.0. The summed E-state index contributed by atoms with van der Waals surface area (Å²) < 4.78 is 5.11. The highest BCUT2D eigenvalue weighted by Gasteiger charge is 2.12. The first-order valence-electron chi connectivity index (χ1n) is 7.61. The van der Waals surface area contributed by atoms with Crippen molar-refractivity contribution in [3.63, 3.8) is 0 Å². The molecule has 1 aromatic carbocycles. The molecule has 9 nitrogen and oxygen atoms in total. The van der Waals surface area contributed by atoms with E-state index in [9.17, 15) is 4.79 Å². The van der Waals surface area contributed by atoms with Gasteiger partial charge in [0.1, 0.15) is 6.33 Å². The van der Waals surface area contributed by atoms with Crippen LogP contribution in [0.5, 0.6) is 0 Å². The van der Waals surface area contributed by atoms with Crippen molar-refractivity contribution >= 4 is 22.5 Å². The standard InChI is InChI=1S/C16H13N7O2/c24-13(20-11-3-4-12-10(8-11)2-1-7-17-12)5-6-14-21-16(23-25-14)15-18-9-19-22-15/h1-4,7-9H,5-6H2,(H,20,24)(H,18,19,22). The highest BCUT2D eigenvalue weighted by atomic mass is 16.5. The highest BCUT2D eigenvalue weighted by Crippen LogP contribution is 2.17. The molecular formula is C16H13N7O2. The molecule has 1 amide bonds. The summed E-state index contributed by atoms with van der Waals surface area (Å²) in [6.07, 6.45) is 3.65. The van der Waals surface area contributed by atoms with Gasteiger partial charge in [-0.25, -0.2) is 4.98 Å². The van der Waals surface area contributed by atoms with E-state index in [4.69, 9.17) is 4.52 Å². The fourth-order valence-corrected chi connectivity index (χ4v) is 2.36. The number of rotatable bonds is 5. The summed E-state index contributed by atoms with van der Waals surface area (Å²) in [5.41, 5.74) is 1.60.